The van der Waals surface area contributed by atoms with Crippen LogP contribution in [0.5, 0.6) is 0 Å². The van der Waals surface area contributed by atoms with Gasteiger partial charge in [-0.25, -0.2) is 0 Å². The summed E-state index contributed by atoms with van der Waals surface area (Å²) in [5.74, 6) is -0.430. The maximum Gasteiger partial charge on any atom is 0.234 e. The molecule has 2 aromatic carbocycles. The minimum absolute atomic E-state index is 0.0313. The average molecular weight is 374 g/mol. The van der Waals surface area contributed by atoms with E-state index in [-0.39, 0.29) is 11.3 Å². The van der Waals surface area contributed by atoms with Gasteiger partial charge in [-0.3, -0.25) is 9.59 Å². The molecule has 2 aromatic rings. The van der Waals surface area contributed by atoms with Crippen LogP contribution in [0.25, 0.3) is 5.76 Å². The fourth-order valence-electron chi connectivity index (χ4n) is 4.56. The molecule has 3 nitrogen and oxygen atoms in total. The monoisotopic (exact) mass is 374 g/mol. The van der Waals surface area contributed by atoms with Crippen molar-refractivity contribution in [2.75, 3.05) is 0 Å². The number of Topliss-reactive ketones (excluding diaryl/α,β-unsaturated/α-hetero) is 2. The lowest BCUT2D eigenvalue weighted by Gasteiger charge is -2.22. The van der Waals surface area contributed by atoms with Gasteiger partial charge in [-0.2, -0.15) is 0 Å². The normalized spacial score (nSPS) is 17.7. The zero-order chi connectivity index (χ0) is 19.5. The van der Waals surface area contributed by atoms with Gasteiger partial charge in [-0.15, -0.1) is 0 Å². The van der Waals surface area contributed by atoms with Crippen LogP contribution < -0.4 is 0 Å². The van der Waals surface area contributed by atoms with Crippen LogP contribution in [-0.4, -0.2) is 16.7 Å². The van der Waals surface area contributed by atoms with Crippen LogP contribution in [0, 0.1) is 0 Å². The van der Waals surface area contributed by atoms with Crippen LogP contribution in [0.15, 0.2) is 54.1 Å². The summed E-state index contributed by atoms with van der Waals surface area (Å²) in [6.07, 6.45) is 8.53. The lowest BCUT2D eigenvalue weighted by atomic mass is 9.83. The van der Waals surface area contributed by atoms with Gasteiger partial charge in [0.25, 0.3) is 0 Å². The molecule has 3 heteroatoms. The molecule has 1 saturated carbocycles. The first-order valence-corrected chi connectivity index (χ1v) is 10.3. The Kier molecular flexibility index (Phi) is 5.43. The topological polar surface area (TPSA) is 54.4 Å². The van der Waals surface area contributed by atoms with E-state index in [0.29, 0.717) is 23.5 Å². The van der Waals surface area contributed by atoms with Crippen LogP contribution in [-0.2, 0) is 11.2 Å². The Morgan fingerprint density at radius 3 is 2.36 bits per heavy atom. The van der Waals surface area contributed by atoms with Crippen molar-refractivity contribution in [3.8, 4) is 0 Å². The number of aliphatic hydroxyl groups excluding tert-OH is 1. The SMILES string of the molecule is O=C1C(=O)c2ccccc2C(O)=C1CCCc1cccc(C2CCCCC2)c1. The van der Waals surface area contributed by atoms with E-state index in [1.54, 1.807) is 24.3 Å². The molecular weight excluding hydrogens is 348 g/mol. The second-order valence-corrected chi connectivity index (χ2v) is 7.96. The summed E-state index contributed by atoms with van der Waals surface area (Å²) < 4.78 is 0. The van der Waals surface area contributed by atoms with Crippen molar-refractivity contribution >= 4 is 17.3 Å². The number of carbonyl (C=O) groups excluding carboxylic acids is 2. The lowest BCUT2D eigenvalue weighted by Crippen LogP contribution is -2.24. The first-order chi connectivity index (χ1) is 13.6. The van der Waals surface area contributed by atoms with Crippen LogP contribution in [0.2, 0.25) is 0 Å². The summed E-state index contributed by atoms with van der Waals surface area (Å²) in [7, 11) is 0. The highest BCUT2D eigenvalue weighted by Crippen LogP contribution is 2.33. The molecule has 2 aliphatic rings. The van der Waals surface area contributed by atoms with Gasteiger partial charge in [-0.05, 0) is 49.1 Å². The van der Waals surface area contributed by atoms with Gasteiger partial charge in [0, 0.05) is 16.7 Å². The highest BCUT2D eigenvalue weighted by atomic mass is 16.3. The van der Waals surface area contributed by atoms with Gasteiger partial charge in [-0.1, -0.05) is 67.8 Å². The van der Waals surface area contributed by atoms with Gasteiger partial charge < -0.3 is 5.11 Å². The number of carbonyl (C=O) groups is 2. The third-order valence-electron chi connectivity index (χ3n) is 6.11. The molecule has 1 fully saturated rings. The Bertz CT molecular complexity index is 932. The van der Waals surface area contributed by atoms with Crippen molar-refractivity contribution in [1.82, 2.24) is 0 Å². The summed E-state index contributed by atoms with van der Waals surface area (Å²) >= 11 is 0. The Balaban J connectivity index is 1.45. The molecule has 0 unspecified atom stereocenters. The van der Waals surface area contributed by atoms with Crippen LogP contribution in [0.1, 0.15) is 77.9 Å². The highest BCUT2D eigenvalue weighted by Gasteiger charge is 2.31. The summed E-state index contributed by atoms with van der Waals surface area (Å²) in [4.78, 5) is 24.8. The number of hydrogen-bond acceptors (Lipinski definition) is 3. The van der Waals surface area contributed by atoms with E-state index in [0.717, 1.165) is 12.8 Å². The minimum atomic E-state index is -0.563. The van der Waals surface area contributed by atoms with Crippen molar-refractivity contribution in [2.24, 2.45) is 0 Å². The fourth-order valence-corrected chi connectivity index (χ4v) is 4.56. The van der Waals surface area contributed by atoms with Crippen molar-refractivity contribution in [3.05, 3.63) is 76.4 Å². The number of aliphatic hydroxyl groups is 1. The van der Waals surface area contributed by atoms with E-state index in [9.17, 15) is 14.7 Å². The zero-order valence-corrected chi connectivity index (χ0v) is 16.1. The quantitative estimate of drug-likeness (QED) is 0.674. The highest BCUT2D eigenvalue weighted by molar-refractivity contribution is 6.52. The predicted octanol–water partition coefficient (Wildman–Crippen LogP) is 5.79. The number of aryl methyl sites for hydroxylation is 1. The molecule has 0 saturated heterocycles. The van der Waals surface area contributed by atoms with Gasteiger partial charge in [0.15, 0.2) is 0 Å². The van der Waals surface area contributed by atoms with Crippen molar-refractivity contribution in [1.29, 1.82) is 0 Å². The minimum Gasteiger partial charge on any atom is -0.507 e. The second-order valence-electron chi connectivity index (χ2n) is 7.96. The van der Waals surface area contributed by atoms with Gasteiger partial charge in [0.1, 0.15) is 5.76 Å². The number of ketones is 2. The molecule has 0 aromatic heterocycles. The van der Waals surface area contributed by atoms with Crippen LogP contribution in [0.4, 0.5) is 0 Å². The van der Waals surface area contributed by atoms with E-state index < -0.39 is 11.6 Å². The summed E-state index contributed by atoms with van der Waals surface area (Å²) in [5.41, 5.74) is 3.72. The van der Waals surface area contributed by atoms with Crippen molar-refractivity contribution in [2.45, 2.75) is 57.3 Å². The molecule has 0 heterocycles. The predicted molar refractivity (Wildman–Crippen MR) is 111 cm³/mol. The smallest absolute Gasteiger partial charge is 0.234 e. The molecule has 0 spiro atoms. The molecule has 0 aliphatic heterocycles. The Hall–Kier alpha value is -2.68. The van der Waals surface area contributed by atoms with Crippen LogP contribution >= 0.6 is 0 Å². The molecule has 144 valence electrons. The molecule has 0 radical (unpaired) electrons. The maximum absolute atomic E-state index is 12.4. The van der Waals surface area contributed by atoms with E-state index >= 15 is 0 Å². The lowest BCUT2D eigenvalue weighted by molar-refractivity contribution is -0.112. The van der Waals surface area contributed by atoms with Crippen molar-refractivity contribution in [3.63, 3.8) is 0 Å². The number of rotatable bonds is 5. The number of allylic oxidation sites excluding steroid dienone is 1. The molecule has 2 aliphatic carbocycles. The van der Waals surface area contributed by atoms with Crippen molar-refractivity contribution < 1.29 is 14.7 Å². The van der Waals surface area contributed by atoms with E-state index in [1.807, 2.05) is 0 Å². The molecular formula is C25H26O3. The third-order valence-corrected chi connectivity index (χ3v) is 6.11. The Labute approximate surface area is 166 Å². The first-order valence-electron chi connectivity index (χ1n) is 10.3. The molecule has 0 amide bonds. The molecule has 4 rings (SSSR count). The summed E-state index contributed by atoms with van der Waals surface area (Å²) in [6, 6.07) is 15.6. The standard InChI is InChI=1S/C25H26O3/c26-23-20-13-4-5-14-21(20)24(27)25(28)22(23)15-7-9-17-8-6-12-19(16-17)18-10-2-1-3-11-18/h4-6,8,12-14,16,18,26H,1-3,7,9-11,15H2. The largest absolute Gasteiger partial charge is 0.507 e. The van der Waals surface area contributed by atoms with E-state index in [2.05, 4.69) is 24.3 Å². The zero-order valence-electron chi connectivity index (χ0n) is 16.1. The van der Waals surface area contributed by atoms with Gasteiger partial charge in [0.05, 0.1) is 0 Å². The number of fused-ring (bicyclic) bond motifs is 1. The van der Waals surface area contributed by atoms with Gasteiger partial charge in [0.2, 0.25) is 11.6 Å². The summed E-state index contributed by atoms with van der Waals surface area (Å²) in [5, 5.41) is 10.5. The van der Waals surface area contributed by atoms with E-state index in [1.165, 1.54) is 43.2 Å². The van der Waals surface area contributed by atoms with Gasteiger partial charge >= 0.3 is 0 Å². The molecule has 0 atom stereocenters. The molecule has 0 bridgehead atoms. The third kappa shape index (κ3) is 3.66. The number of benzene rings is 2. The summed E-state index contributed by atoms with van der Waals surface area (Å²) in [6.45, 7) is 0. The van der Waals surface area contributed by atoms with Crippen LogP contribution in [0.3, 0.4) is 0 Å². The van der Waals surface area contributed by atoms with E-state index in [4.69, 9.17) is 0 Å². The Morgan fingerprint density at radius 2 is 1.57 bits per heavy atom. The molecule has 1 N–H and O–H groups in total. The number of hydrogen-bond donors (Lipinski definition) is 1. The first kappa shape index (κ1) is 18.7. The Morgan fingerprint density at radius 1 is 0.821 bits per heavy atom. The average Bonchev–Trinajstić information content (AvgIpc) is 2.75. The second kappa shape index (κ2) is 8.14. The maximum atomic E-state index is 12.4. The fraction of sp³-hybridized carbons (Fsp3) is 0.360. The molecule has 28 heavy (non-hydrogen) atoms.